The molecule has 6 aromatic carbocycles. The molecule has 43 heavy (non-hydrogen) atoms. The van der Waals surface area contributed by atoms with E-state index >= 15 is 0 Å². The molecular weight excluding hydrogens is 528 g/mol. The summed E-state index contributed by atoms with van der Waals surface area (Å²) < 4.78 is 0. The molecule has 0 spiro atoms. The van der Waals surface area contributed by atoms with Gasteiger partial charge in [0.25, 0.3) is 0 Å². The summed E-state index contributed by atoms with van der Waals surface area (Å²) in [6.07, 6.45) is 6.21. The molecule has 0 aromatic heterocycles. The van der Waals surface area contributed by atoms with Gasteiger partial charge < -0.3 is 21.7 Å². The normalized spacial score (nSPS) is 12.7. The van der Waals surface area contributed by atoms with E-state index in [0.29, 0.717) is 11.1 Å². The smallest absolute Gasteiger partial charge is 0.146 e. The lowest BCUT2D eigenvalue weighted by atomic mass is 9.65. The molecule has 0 aliphatic heterocycles. The fraction of sp³-hybridized carbons (Fsp3) is 0.0256. The van der Waals surface area contributed by atoms with E-state index in [1.54, 1.807) is 0 Å². The lowest BCUT2D eigenvalue weighted by molar-refractivity contribution is 0.479. The molecule has 0 unspecified atom stereocenters. The van der Waals surface area contributed by atoms with Crippen molar-refractivity contribution in [2.45, 2.75) is 5.41 Å². The number of phenols is 2. The Kier molecular flexibility index (Phi) is 5.97. The first kappa shape index (κ1) is 26.0. The van der Waals surface area contributed by atoms with Gasteiger partial charge in [0, 0.05) is 16.7 Å². The lowest BCUT2D eigenvalue weighted by Gasteiger charge is -2.36. The molecule has 4 nitrogen and oxygen atoms in total. The summed E-state index contributed by atoms with van der Waals surface area (Å²) >= 11 is 0. The zero-order chi connectivity index (χ0) is 29.7. The van der Waals surface area contributed by atoms with Crippen LogP contribution in [0, 0.1) is 12.3 Å². The van der Waals surface area contributed by atoms with E-state index in [1.165, 1.54) is 0 Å². The van der Waals surface area contributed by atoms with Crippen LogP contribution >= 0.6 is 0 Å². The maximum atomic E-state index is 11.2. The highest BCUT2D eigenvalue weighted by atomic mass is 16.3. The van der Waals surface area contributed by atoms with Gasteiger partial charge in [-0.05, 0) is 74.8 Å². The van der Waals surface area contributed by atoms with Gasteiger partial charge in [0.2, 0.25) is 0 Å². The molecule has 1 aliphatic rings. The van der Waals surface area contributed by atoms with E-state index in [2.05, 4.69) is 24.1 Å². The third-order valence-corrected chi connectivity index (χ3v) is 8.53. The minimum atomic E-state index is -0.981. The third kappa shape index (κ3) is 3.80. The topological polar surface area (TPSA) is 92.5 Å². The molecule has 0 amide bonds. The lowest BCUT2D eigenvalue weighted by Crippen LogP contribution is -2.30. The number of nitrogen functional groups attached to an aromatic ring is 2. The van der Waals surface area contributed by atoms with Crippen molar-refractivity contribution in [3.8, 4) is 57.2 Å². The van der Waals surface area contributed by atoms with Crippen molar-refractivity contribution < 1.29 is 10.2 Å². The average molecular weight is 557 g/mol. The summed E-state index contributed by atoms with van der Waals surface area (Å²) in [5.41, 5.74) is 21.9. The second kappa shape index (κ2) is 9.87. The van der Waals surface area contributed by atoms with Crippen LogP contribution in [0.5, 0.6) is 11.5 Å². The van der Waals surface area contributed by atoms with Crippen molar-refractivity contribution in [3.05, 3.63) is 155 Å². The molecule has 6 aromatic rings. The summed E-state index contributed by atoms with van der Waals surface area (Å²) in [7, 11) is 0. The van der Waals surface area contributed by atoms with Gasteiger partial charge in [-0.2, -0.15) is 0 Å². The maximum Gasteiger partial charge on any atom is 0.146 e. The zero-order valence-corrected chi connectivity index (χ0v) is 23.3. The van der Waals surface area contributed by atoms with E-state index in [4.69, 9.17) is 17.9 Å². The summed E-state index contributed by atoms with van der Waals surface area (Å²) in [6, 6.07) is 41.2. The number of hydrogen-bond donors (Lipinski definition) is 4. The third-order valence-electron chi connectivity index (χ3n) is 8.53. The Morgan fingerprint density at radius 1 is 0.535 bits per heavy atom. The second-order valence-electron chi connectivity index (χ2n) is 10.8. The van der Waals surface area contributed by atoms with E-state index in [-0.39, 0.29) is 22.9 Å². The highest BCUT2D eigenvalue weighted by molar-refractivity contribution is 5.91. The Hall–Kier alpha value is -5.92. The molecule has 0 radical (unpaired) electrons. The SMILES string of the molecule is C#Cc1cccc2c1C(c1cc(N)c(O)c(-c3ccccc3)c1)(c1cc(N)c(O)c(-c3ccccc3)c1)c1ccccc1-2. The van der Waals surface area contributed by atoms with Crippen LogP contribution in [0.4, 0.5) is 11.4 Å². The predicted octanol–water partition coefficient (Wildman–Crippen LogP) is 7.94. The Morgan fingerprint density at radius 3 is 1.56 bits per heavy atom. The van der Waals surface area contributed by atoms with E-state index in [0.717, 1.165) is 50.1 Å². The molecular formula is C39H28N2O2. The molecule has 0 fully saturated rings. The van der Waals surface area contributed by atoms with Crippen molar-refractivity contribution in [2.24, 2.45) is 0 Å². The van der Waals surface area contributed by atoms with Gasteiger partial charge in [-0.3, -0.25) is 0 Å². The molecule has 6 N–H and O–H groups in total. The van der Waals surface area contributed by atoms with Gasteiger partial charge in [-0.1, -0.05) is 103 Å². The number of nitrogens with two attached hydrogens (primary N) is 2. The van der Waals surface area contributed by atoms with Crippen LogP contribution in [0.3, 0.4) is 0 Å². The number of terminal acetylenes is 1. The van der Waals surface area contributed by atoms with Gasteiger partial charge in [0.15, 0.2) is 0 Å². The molecule has 0 saturated carbocycles. The Morgan fingerprint density at radius 2 is 1.02 bits per heavy atom. The zero-order valence-electron chi connectivity index (χ0n) is 23.3. The van der Waals surface area contributed by atoms with Gasteiger partial charge in [-0.15, -0.1) is 6.42 Å². The molecule has 0 saturated heterocycles. The summed E-state index contributed by atoms with van der Waals surface area (Å²) in [6.45, 7) is 0. The largest absolute Gasteiger partial charge is 0.505 e. The summed E-state index contributed by atoms with van der Waals surface area (Å²) in [4.78, 5) is 0. The van der Waals surface area contributed by atoms with Crippen LogP contribution in [0.1, 0.15) is 27.8 Å². The minimum absolute atomic E-state index is 0.0111. The van der Waals surface area contributed by atoms with Gasteiger partial charge in [0.05, 0.1) is 16.8 Å². The van der Waals surface area contributed by atoms with Crippen LogP contribution in [-0.4, -0.2) is 10.2 Å². The van der Waals surface area contributed by atoms with Crippen LogP contribution in [0.15, 0.2) is 127 Å². The monoisotopic (exact) mass is 556 g/mol. The van der Waals surface area contributed by atoms with E-state index in [1.807, 2.05) is 109 Å². The number of hydrogen-bond acceptors (Lipinski definition) is 4. The van der Waals surface area contributed by atoms with Crippen molar-refractivity contribution in [1.82, 2.24) is 0 Å². The van der Waals surface area contributed by atoms with Gasteiger partial charge in [0.1, 0.15) is 11.5 Å². The summed E-state index contributed by atoms with van der Waals surface area (Å²) in [5.74, 6) is 2.96. The van der Waals surface area contributed by atoms with Crippen LogP contribution in [0.25, 0.3) is 33.4 Å². The van der Waals surface area contributed by atoms with Crippen molar-refractivity contribution in [3.63, 3.8) is 0 Å². The number of rotatable bonds is 4. The minimum Gasteiger partial charge on any atom is -0.505 e. The van der Waals surface area contributed by atoms with Crippen LogP contribution in [-0.2, 0) is 5.41 Å². The standard InChI is InChI=1S/C39H28N2O2/c1-2-24-16-11-18-30-29-17-9-10-19-33(29)39(36(24)30,27-20-31(37(42)34(40)22-27)25-12-5-3-6-13-25)28-21-32(38(43)35(41)23-28)26-14-7-4-8-15-26/h1,3-23,42-43H,40-41H2. The number of fused-ring (bicyclic) bond motifs is 3. The average Bonchev–Trinajstić information content (AvgIpc) is 3.36. The highest BCUT2D eigenvalue weighted by Crippen LogP contribution is 2.59. The van der Waals surface area contributed by atoms with E-state index in [9.17, 15) is 10.2 Å². The number of benzene rings is 6. The van der Waals surface area contributed by atoms with E-state index < -0.39 is 5.41 Å². The van der Waals surface area contributed by atoms with Crippen molar-refractivity contribution in [1.29, 1.82) is 0 Å². The Balaban J connectivity index is 1.68. The molecule has 4 heteroatoms. The Bertz CT molecular complexity index is 1980. The molecule has 0 bridgehead atoms. The molecule has 0 atom stereocenters. The fourth-order valence-corrected chi connectivity index (χ4v) is 6.67. The quantitative estimate of drug-likeness (QED) is 0.101. The van der Waals surface area contributed by atoms with Crippen molar-refractivity contribution in [2.75, 3.05) is 11.5 Å². The number of aromatic hydroxyl groups is 2. The van der Waals surface area contributed by atoms with Crippen molar-refractivity contribution >= 4 is 11.4 Å². The maximum absolute atomic E-state index is 11.2. The van der Waals surface area contributed by atoms with Crippen LogP contribution in [0.2, 0.25) is 0 Å². The molecule has 0 heterocycles. The first-order valence-electron chi connectivity index (χ1n) is 14.0. The first-order chi connectivity index (χ1) is 20.9. The van der Waals surface area contributed by atoms with Gasteiger partial charge in [-0.25, -0.2) is 0 Å². The molecule has 7 rings (SSSR count). The number of anilines is 2. The molecule has 206 valence electrons. The highest BCUT2D eigenvalue weighted by Gasteiger charge is 2.48. The molecule has 1 aliphatic carbocycles. The Labute approximate surface area is 250 Å². The fourth-order valence-electron chi connectivity index (χ4n) is 6.67. The summed E-state index contributed by atoms with van der Waals surface area (Å²) in [5, 5.41) is 22.5. The predicted molar refractivity (Wildman–Crippen MR) is 175 cm³/mol. The van der Waals surface area contributed by atoms with Gasteiger partial charge >= 0.3 is 0 Å². The first-order valence-corrected chi connectivity index (χ1v) is 14.0. The second-order valence-corrected chi connectivity index (χ2v) is 10.8. The van der Waals surface area contributed by atoms with Crippen LogP contribution < -0.4 is 11.5 Å². The number of phenolic OH excluding ortho intramolecular Hbond substituents is 2.